The summed E-state index contributed by atoms with van der Waals surface area (Å²) in [5.41, 5.74) is 3.95. The number of aromatic amines is 1. The molecule has 0 saturated heterocycles. The third-order valence-corrected chi connectivity index (χ3v) is 5.21. The third-order valence-electron chi connectivity index (χ3n) is 5.21. The van der Waals surface area contributed by atoms with Crippen LogP contribution >= 0.6 is 0 Å². The Morgan fingerprint density at radius 2 is 2.12 bits per heavy atom. The smallest absolute Gasteiger partial charge is 0.179 e. The number of hydrogen-bond donors (Lipinski definition) is 1. The summed E-state index contributed by atoms with van der Waals surface area (Å²) in [4.78, 5) is 7.52. The molecule has 0 aliphatic heterocycles. The average Bonchev–Trinajstić information content (AvgIpc) is 3.40. The molecule has 128 valence electrons. The molecule has 4 heterocycles. The first-order valence-electron chi connectivity index (χ1n) is 8.71. The number of aromatic nitrogens is 7. The fourth-order valence-electron chi connectivity index (χ4n) is 3.98. The van der Waals surface area contributed by atoms with E-state index in [2.05, 4.69) is 34.8 Å². The Balaban J connectivity index is 1.39. The lowest BCUT2D eigenvalue weighted by atomic mass is 9.99. The van der Waals surface area contributed by atoms with Crippen LogP contribution < -0.4 is 0 Å². The second-order valence-corrected chi connectivity index (χ2v) is 6.82. The van der Waals surface area contributed by atoms with Crippen LogP contribution in [0.4, 0.5) is 0 Å². The molecule has 2 atom stereocenters. The molecule has 0 amide bonds. The summed E-state index contributed by atoms with van der Waals surface area (Å²) in [5, 5.41) is 25.7. The van der Waals surface area contributed by atoms with Gasteiger partial charge in [-0.2, -0.15) is 10.4 Å². The molecule has 0 radical (unpaired) electrons. The van der Waals surface area contributed by atoms with Crippen molar-refractivity contribution in [3.05, 3.63) is 47.8 Å². The van der Waals surface area contributed by atoms with E-state index < -0.39 is 0 Å². The molecule has 1 fully saturated rings. The first kappa shape index (κ1) is 15.0. The van der Waals surface area contributed by atoms with Crippen molar-refractivity contribution in [3.8, 4) is 6.07 Å². The minimum Gasteiger partial charge on any atom is -0.345 e. The van der Waals surface area contributed by atoms with Crippen LogP contribution in [0.15, 0.2) is 30.6 Å². The van der Waals surface area contributed by atoms with Crippen LogP contribution in [-0.4, -0.2) is 34.8 Å². The van der Waals surface area contributed by atoms with Gasteiger partial charge in [0.05, 0.1) is 17.4 Å². The number of nitriles is 1. The normalized spacial score (nSPS) is 20.0. The van der Waals surface area contributed by atoms with E-state index in [1.807, 2.05) is 24.4 Å². The van der Waals surface area contributed by atoms with Gasteiger partial charge in [-0.15, -0.1) is 15.3 Å². The highest BCUT2D eigenvalue weighted by atomic mass is 15.3. The number of rotatable bonds is 3. The van der Waals surface area contributed by atoms with Gasteiger partial charge in [-0.1, -0.05) is 0 Å². The third kappa shape index (κ3) is 2.40. The van der Waals surface area contributed by atoms with Gasteiger partial charge in [0.1, 0.15) is 11.9 Å². The van der Waals surface area contributed by atoms with Crippen LogP contribution in [0.25, 0.3) is 16.8 Å². The molecule has 1 saturated carbocycles. The van der Waals surface area contributed by atoms with E-state index in [0.717, 1.165) is 54.0 Å². The number of hydrogen-bond acceptors (Lipinski definition) is 6. The molecule has 4 aromatic heterocycles. The molecule has 8 heteroatoms. The van der Waals surface area contributed by atoms with Gasteiger partial charge in [0.2, 0.25) is 0 Å². The molecule has 0 bridgehead atoms. The Bertz CT molecular complexity index is 1120. The van der Waals surface area contributed by atoms with E-state index in [0.29, 0.717) is 17.5 Å². The molecule has 0 unspecified atom stereocenters. The van der Waals surface area contributed by atoms with E-state index in [1.54, 1.807) is 12.3 Å². The second kappa shape index (κ2) is 5.88. The van der Waals surface area contributed by atoms with E-state index in [9.17, 15) is 0 Å². The minimum atomic E-state index is 0.358. The Labute approximate surface area is 148 Å². The minimum absolute atomic E-state index is 0.358. The van der Waals surface area contributed by atoms with Gasteiger partial charge < -0.3 is 4.98 Å². The highest BCUT2D eigenvalue weighted by Gasteiger charge is 2.30. The largest absolute Gasteiger partial charge is 0.345 e. The monoisotopic (exact) mass is 344 g/mol. The first-order valence-corrected chi connectivity index (χ1v) is 8.71. The SMILES string of the molecule is N#Cc1ccc(C[C@@H]2CC[C@@H](c3nnc4cnc5[nH]ccc5n34)C2)nn1. The molecule has 0 aromatic carbocycles. The Morgan fingerprint density at radius 3 is 2.96 bits per heavy atom. The zero-order valence-electron chi connectivity index (χ0n) is 14.0. The van der Waals surface area contributed by atoms with Crippen molar-refractivity contribution in [1.82, 2.24) is 34.8 Å². The summed E-state index contributed by atoms with van der Waals surface area (Å²) in [6, 6.07) is 7.65. The van der Waals surface area contributed by atoms with Crippen LogP contribution in [0.5, 0.6) is 0 Å². The van der Waals surface area contributed by atoms with Crippen LogP contribution in [0.1, 0.15) is 42.4 Å². The van der Waals surface area contributed by atoms with E-state index >= 15 is 0 Å². The topological polar surface area (TPSA) is 108 Å². The number of H-pyrrole nitrogens is 1. The predicted molar refractivity (Wildman–Crippen MR) is 93.2 cm³/mol. The number of nitrogens with one attached hydrogen (secondary N) is 1. The molecule has 26 heavy (non-hydrogen) atoms. The summed E-state index contributed by atoms with van der Waals surface area (Å²) in [7, 11) is 0. The summed E-state index contributed by atoms with van der Waals surface area (Å²) in [6.07, 6.45) is 7.80. The Morgan fingerprint density at radius 1 is 1.15 bits per heavy atom. The fraction of sp³-hybridized carbons (Fsp3) is 0.333. The molecule has 0 spiro atoms. The van der Waals surface area contributed by atoms with Crippen molar-refractivity contribution in [3.63, 3.8) is 0 Å². The van der Waals surface area contributed by atoms with Crippen molar-refractivity contribution in [1.29, 1.82) is 5.26 Å². The number of fused-ring (bicyclic) bond motifs is 3. The van der Waals surface area contributed by atoms with Crippen LogP contribution in [-0.2, 0) is 6.42 Å². The van der Waals surface area contributed by atoms with Crippen molar-refractivity contribution in [2.75, 3.05) is 0 Å². The van der Waals surface area contributed by atoms with Crippen LogP contribution in [0.3, 0.4) is 0 Å². The summed E-state index contributed by atoms with van der Waals surface area (Å²) in [5.74, 6) is 1.93. The Kier molecular flexibility index (Phi) is 3.38. The first-order chi connectivity index (χ1) is 12.8. The van der Waals surface area contributed by atoms with Crippen molar-refractivity contribution in [2.45, 2.75) is 31.6 Å². The molecular weight excluding hydrogens is 328 g/mol. The fourth-order valence-corrected chi connectivity index (χ4v) is 3.98. The highest BCUT2D eigenvalue weighted by Crippen LogP contribution is 2.39. The van der Waals surface area contributed by atoms with Gasteiger partial charge in [-0.25, -0.2) is 4.98 Å². The molecule has 5 rings (SSSR count). The highest BCUT2D eigenvalue weighted by molar-refractivity contribution is 5.74. The lowest BCUT2D eigenvalue weighted by Crippen LogP contribution is -2.05. The van der Waals surface area contributed by atoms with Crippen LogP contribution in [0, 0.1) is 17.2 Å². The van der Waals surface area contributed by atoms with Crippen molar-refractivity contribution < 1.29 is 0 Å². The van der Waals surface area contributed by atoms with Crippen LogP contribution in [0.2, 0.25) is 0 Å². The zero-order chi connectivity index (χ0) is 17.5. The standard InChI is InChI=1S/C18H16N8/c19-9-14-4-3-13(22-23-14)8-11-1-2-12(7-11)18-25-24-16-10-21-17-15(26(16)18)5-6-20-17/h3-6,10-12,20H,1-2,7-8H2/t11-,12-/m1/s1. The Hall–Kier alpha value is -3.34. The molecule has 1 aliphatic carbocycles. The molecule has 4 aromatic rings. The number of nitrogens with zero attached hydrogens (tertiary/aromatic N) is 7. The van der Waals surface area contributed by atoms with Gasteiger partial charge in [0.15, 0.2) is 17.0 Å². The van der Waals surface area contributed by atoms with Gasteiger partial charge in [0.25, 0.3) is 0 Å². The second-order valence-electron chi connectivity index (χ2n) is 6.82. The molecular formula is C18H16N8. The lowest BCUT2D eigenvalue weighted by molar-refractivity contribution is 0.520. The quantitative estimate of drug-likeness (QED) is 0.611. The maximum absolute atomic E-state index is 8.82. The molecule has 1 N–H and O–H groups in total. The maximum atomic E-state index is 8.82. The predicted octanol–water partition coefficient (Wildman–Crippen LogP) is 2.39. The summed E-state index contributed by atoms with van der Waals surface area (Å²) >= 11 is 0. The van der Waals surface area contributed by atoms with Crippen molar-refractivity contribution in [2.24, 2.45) is 5.92 Å². The lowest BCUT2D eigenvalue weighted by Gasteiger charge is -2.10. The van der Waals surface area contributed by atoms with Crippen molar-refractivity contribution >= 4 is 16.8 Å². The van der Waals surface area contributed by atoms with E-state index in [1.165, 1.54) is 0 Å². The summed E-state index contributed by atoms with van der Waals surface area (Å²) < 4.78 is 2.12. The average molecular weight is 344 g/mol. The zero-order valence-corrected chi connectivity index (χ0v) is 14.0. The molecule has 1 aliphatic rings. The van der Waals surface area contributed by atoms with E-state index in [-0.39, 0.29) is 0 Å². The van der Waals surface area contributed by atoms with E-state index in [4.69, 9.17) is 5.26 Å². The van der Waals surface area contributed by atoms with Gasteiger partial charge in [-0.05, 0) is 49.8 Å². The van der Waals surface area contributed by atoms with Gasteiger partial charge in [-0.3, -0.25) is 4.40 Å². The van der Waals surface area contributed by atoms with Gasteiger partial charge in [0, 0.05) is 12.1 Å². The molecule has 8 nitrogen and oxygen atoms in total. The van der Waals surface area contributed by atoms with Gasteiger partial charge >= 0.3 is 0 Å². The summed E-state index contributed by atoms with van der Waals surface area (Å²) in [6.45, 7) is 0. The maximum Gasteiger partial charge on any atom is 0.179 e.